The van der Waals surface area contributed by atoms with Gasteiger partial charge in [-0.25, -0.2) is 9.69 Å². The van der Waals surface area contributed by atoms with E-state index in [1.807, 2.05) is 6.07 Å². The topological polar surface area (TPSA) is 188 Å². The van der Waals surface area contributed by atoms with Crippen molar-refractivity contribution in [3.8, 4) is 0 Å². The second-order valence-corrected chi connectivity index (χ2v) is 10.5. The molecule has 1 aliphatic heterocycles. The summed E-state index contributed by atoms with van der Waals surface area (Å²) >= 11 is 0. The van der Waals surface area contributed by atoms with Crippen molar-refractivity contribution in [3.05, 3.63) is 35.9 Å². The number of amides is 4. The fraction of sp³-hybridized carbons (Fsp3) is 0.633. The van der Waals surface area contributed by atoms with Gasteiger partial charge in [-0.2, -0.15) is 0 Å². The monoisotopic (exact) mass is 604 g/mol. The third kappa shape index (κ3) is 12.6. The number of unbranched alkanes of at least 4 members (excludes halogenated alkanes) is 2. The molecule has 1 aromatic carbocycles. The average molecular weight is 605 g/mol. The number of likely N-dealkylation sites (tertiary alicyclic amines) is 1. The number of ether oxygens (including phenoxy) is 3. The van der Waals surface area contributed by atoms with Crippen LogP contribution in [0.15, 0.2) is 35.3 Å². The SMILES string of the molecule is CCCCOC(OCCCC)[C@H](CCCN=C(N)N)NC(=O)[C@H](C)NC(=O)[C@@H]1CCC(=O)N1C(=O)OCc1ccccc1. The van der Waals surface area contributed by atoms with E-state index in [0.29, 0.717) is 32.6 Å². The summed E-state index contributed by atoms with van der Waals surface area (Å²) in [5.41, 5.74) is 11.6. The number of hydrogen-bond donors (Lipinski definition) is 4. The number of benzene rings is 1. The summed E-state index contributed by atoms with van der Waals surface area (Å²) in [5, 5.41) is 5.59. The molecule has 1 aromatic rings. The number of aliphatic imine (C=N–C) groups is 1. The first-order valence-corrected chi connectivity index (χ1v) is 15.1. The first-order chi connectivity index (χ1) is 20.7. The van der Waals surface area contributed by atoms with Gasteiger partial charge in [0.1, 0.15) is 18.7 Å². The van der Waals surface area contributed by atoms with Gasteiger partial charge in [0.25, 0.3) is 0 Å². The Balaban J connectivity index is 2.05. The molecule has 240 valence electrons. The largest absolute Gasteiger partial charge is 0.444 e. The van der Waals surface area contributed by atoms with Crippen molar-refractivity contribution in [1.29, 1.82) is 0 Å². The molecule has 0 spiro atoms. The number of nitrogens with one attached hydrogen (secondary N) is 2. The van der Waals surface area contributed by atoms with E-state index in [-0.39, 0.29) is 25.4 Å². The van der Waals surface area contributed by atoms with Crippen LogP contribution in [0.1, 0.15) is 77.7 Å². The highest BCUT2D eigenvalue weighted by atomic mass is 16.7. The summed E-state index contributed by atoms with van der Waals surface area (Å²) < 4.78 is 17.3. The zero-order chi connectivity index (χ0) is 31.6. The quantitative estimate of drug-likeness (QED) is 0.0795. The predicted octanol–water partition coefficient (Wildman–Crippen LogP) is 2.32. The first-order valence-electron chi connectivity index (χ1n) is 15.1. The van der Waals surface area contributed by atoms with Crippen LogP contribution in [0.5, 0.6) is 0 Å². The van der Waals surface area contributed by atoms with Gasteiger partial charge in [0.2, 0.25) is 17.7 Å². The Hall–Kier alpha value is -3.71. The highest BCUT2D eigenvalue weighted by Crippen LogP contribution is 2.21. The molecule has 0 bridgehead atoms. The molecule has 13 nitrogen and oxygen atoms in total. The van der Waals surface area contributed by atoms with E-state index in [4.69, 9.17) is 25.7 Å². The van der Waals surface area contributed by atoms with Crippen LogP contribution >= 0.6 is 0 Å². The van der Waals surface area contributed by atoms with Crippen LogP contribution in [0.4, 0.5) is 4.79 Å². The molecule has 6 N–H and O–H groups in total. The summed E-state index contributed by atoms with van der Waals surface area (Å²) in [6, 6.07) is 6.42. The van der Waals surface area contributed by atoms with E-state index in [1.165, 1.54) is 6.92 Å². The van der Waals surface area contributed by atoms with E-state index >= 15 is 0 Å². The average Bonchev–Trinajstić information content (AvgIpc) is 3.38. The highest BCUT2D eigenvalue weighted by Gasteiger charge is 2.42. The molecule has 0 unspecified atom stereocenters. The Bertz CT molecular complexity index is 1040. The van der Waals surface area contributed by atoms with Crippen molar-refractivity contribution in [1.82, 2.24) is 15.5 Å². The number of guanidine groups is 1. The third-order valence-electron chi connectivity index (χ3n) is 6.85. The van der Waals surface area contributed by atoms with E-state index in [9.17, 15) is 19.2 Å². The van der Waals surface area contributed by atoms with Crippen molar-refractivity contribution in [2.24, 2.45) is 16.5 Å². The first kappa shape index (κ1) is 35.5. The Morgan fingerprint density at radius 2 is 1.67 bits per heavy atom. The van der Waals surface area contributed by atoms with Gasteiger partial charge in [-0.3, -0.25) is 19.4 Å². The van der Waals surface area contributed by atoms with Crippen molar-refractivity contribution in [3.63, 3.8) is 0 Å². The minimum atomic E-state index is -1.08. The third-order valence-corrected chi connectivity index (χ3v) is 6.85. The van der Waals surface area contributed by atoms with Crippen LogP contribution in [0.2, 0.25) is 0 Å². The van der Waals surface area contributed by atoms with Crippen LogP contribution in [-0.4, -0.2) is 78.8 Å². The van der Waals surface area contributed by atoms with Crippen molar-refractivity contribution < 1.29 is 33.4 Å². The molecule has 1 fully saturated rings. The number of rotatable bonds is 19. The Labute approximate surface area is 254 Å². The second kappa shape index (κ2) is 19.5. The summed E-state index contributed by atoms with van der Waals surface area (Å²) in [5.74, 6) is -1.61. The van der Waals surface area contributed by atoms with Gasteiger partial charge in [0.15, 0.2) is 12.2 Å². The lowest BCUT2D eigenvalue weighted by Gasteiger charge is -2.30. The van der Waals surface area contributed by atoms with Gasteiger partial charge in [-0.15, -0.1) is 0 Å². The predicted molar refractivity (Wildman–Crippen MR) is 161 cm³/mol. The van der Waals surface area contributed by atoms with Crippen molar-refractivity contribution in [2.75, 3.05) is 19.8 Å². The number of carbonyl (C=O) groups is 4. The molecule has 1 saturated heterocycles. The fourth-order valence-corrected chi connectivity index (χ4v) is 4.40. The molecule has 0 saturated carbocycles. The summed E-state index contributed by atoms with van der Waals surface area (Å²) in [4.78, 5) is 56.5. The lowest BCUT2D eigenvalue weighted by molar-refractivity contribution is -0.165. The molecular weight excluding hydrogens is 556 g/mol. The molecular formula is C30H48N6O7. The van der Waals surface area contributed by atoms with E-state index in [1.54, 1.807) is 24.3 Å². The molecule has 0 aliphatic carbocycles. The summed E-state index contributed by atoms with van der Waals surface area (Å²) in [6.45, 7) is 6.89. The molecule has 3 atom stereocenters. The fourth-order valence-electron chi connectivity index (χ4n) is 4.40. The van der Waals surface area contributed by atoms with Gasteiger partial charge in [-0.05, 0) is 44.6 Å². The number of nitrogens with two attached hydrogens (primary N) is 2. The van der Waals surface area contributed by atoms with Crippen LogP contribution in [0.25, 0.3) is 0 Å². The van der Waals surface area contributed by atoms with Crippen LogP contribution < -0.4 is 22.1 Å². The molecule has 13 heteroatoms. The smallest absolute Gasteiger partial charge is 0.417 e. The Morgan fingerprint density at radius 3 is 2.28 bits per heavy atom. The summed E-state index contributed by atoms with van der Waals surface area (Å²) in [7, 11) is 0. The molecule has 4 amide bonds. The summed E-state index contributed by atoms with van der Waals surface area (Å²) in [6.07, 6.45) is 3.10. The maximum absolute atomic E-state index is 13.3. The number of nitrogens with zero attached hydrogens (tertiary/aromatic N) is 2. The Morgan fingerprint density at radius 1 is 1.02 bits per heavy atom. The normalized spacial score (nSPS) is 16.0. The van der Waals surface area contributed by atoms with E-state index < -0.39 is 48.2 Å². The van der Waals surface area contributed by atoms with Crippen molar-refractivity contribution in [2.45, 2.75) is 103 Å². The lowest BCUT2D eigenvalue weighted by atomic mass is 10.1. The molecule has 1 aliphatic rings. The maximum atomic E-state index is 13.3. The number of hydrogen-bond acceptors (Lipinski definition) is 8. The molecule has 1 heterocycles. The lowest BCUT2D eigenvalue weighted by Crippen LogP contribution is -2.55. The zero-order valence-electron chi connectivity index (χ0n) is 25.6. The van der Waals surface area contributed by atoms with Gasteiger partial charge in [-0.1, -0.05) is 57.0 Å². The van der Waals surface area contributed by atoms with Gasteiger partial charge < -0.3 is 36.3 Å². The highest BCUT2D eigenvalue weighted by molar-refractivity contribution is 6.01. The minimum absolute atomic E-state index is 0.0167. The minimum Gasteiger partial charge on any atom is -0.444 e. The zero-order valence-corrected chi connectivity index (χ0v) is 25.6. The van der Waals surface area contributed by atoms with Gasteiger partial charge in [0.05, 0.1) is 6.04 Å². The van der Waals surface area contributed by atoms with Crippen LogP contribution in [-0.2, 0) is 35.2 Å². The number of imide groups is 1. The molecule has 0 aromatic heterocycles. The van der Waals surface area contributed by atoms with Crippen molar-refractivity contribution >= 4 is 29.8 Å². The standard InChI is InChI=1S/C30H48N6O7/c1-4-6-18-41-28(42-19-7-5-2)23(14-11-17-33-29(31)32)35-26(38)21(3)34-27(39)24-15-16-25(37)36(24)30(40)43-20-22-12-9-8-10-13-22/h8-10,12-13,21,23-24,28H,4-7,11,14-20H2,1-3H3,(H,34,39)(H,35,38)(H4,31,32,33)/t21-,23-,24-/m0/s1. The van der Waals surface area contributed by atoms with Crippen LogP contribution in [0, 0.1) is 0 Å². The molecule has 0 radical (unpaired) electrons. The maximum Gasteiger partial charge on any atom is 0.417 e. The Kier molecular flexibility index (Phi) is 16.1. The van der Waals surface area contributed by atoms with E-state index in [0.717, 1.165) is 36.1 Å². The molecule has 2 rings (SSSR count). The second-order valence-electron chi connectivity index (χ2n) is 10.5. The number of carbonyl (C=O) groups excluding carboxylic acids is 4. The van der Waals surface area contributed by atoms with Gasteiger partial charge in [0, 0.05) is 26.2 Å². The van der Waals surface area contributed by atoms with Crippen LogP contribution in [0.3, 0.4) is 0 Å². The van der Waals surface area contributed by atoms with E-state index in [2.05, 4.69) is 29.5 Å². The van der Waals surface area contributed by atoms with Gasteiger partial charge >= 0.3 is 6.09 Å². The molecule has 43 heavy (non-hydrogen) atoms.